The lowest BCUT2D eigenvalue weighted by atomic mass is 10.1. The third kappa shape index (κ3) is 2.01. The molecule has 0 saturated heterocycles. The molecule has 0 aromatic heterocycles. The molecule has 0 spiro atoms. The second-order valence-corrected chi connectivity index (χ2v) is 2.58. The molecular weight excluding hydrogens is 148 g/mol. The summed E-state index contributed by atoms with van der Waals surface area (Å²) in [7, 11) is 0. The fourth-order valence-corrected chi connectivity index (χ4v) is 0.973. The SMILES string of the molecule is Cc1cc(N)ccc1C#CCN. The summed E-state index contributed by atoms with van der Waals surface area (Å²) in [5.74, 6) is 5.77. The minimum atomic E-state index is 0.393. The van der Waals surface area contributed by atoms with Crippen LogP contribution >= 0.6 is 0 Å². The van der Waals surface area contributed by atoms with E-state index in [4.69, 9.17) is 11.5 Å². The van der Waals surface area contributed by atoms with Crippen LogP contribution in [-0.4, -0.2) is 6.54 Å². The Morgan fingerprint density at radius 1 is 1.42 bits per heavy atom. The molecule has 1 aromatic carbocycles. The first-order valence-electron chi connectivity index (χ1n) is 3.79. The standard InChI is InChI=1S/C10H12N2/c1-8-7-10(12)5-4-9(8)3-2-6-11/h4-5,7H,6,11-12H2,1H3. The Balaban J connectivity index is 3.01. The zero-order valence-electron chi connectivity index (χ0n) is 7.09. The van der Waals surface area contributed by atoms with Gasteiger partial charge in [0.15, 0.2) is 0 Å². The van der Waals surface area contributed by atoms with E-state index in [2.05, 4.69) is 11.8 Å². The van der Waals surface area contributed by atoms with E-state index in [1.807, 2.05) is 25.1 Å². The molecule has 0 atom stereocenters. The van der Waals surface area contributed by atoms with Gasteiger partial charge in [-0.1, -0.05) is 11.8 Å². The topological polar surface area (TPSA) is 52.0 Å². The van der Waals surface area contributed by atoms with Crippen molar-refractivity contribution < 1.29 is 0 Å². The number of hydrogen-bond donors (Lipinski definition) is 2. The molecule has 2 heteroatoms. The Morgan fingerprint density at radius 2 is 2.17 bits per heavy atom. The average Bonchev–Trinajstić information content (AvgIpc) is 2.03. The Morgan fingerprint density at radius 3 is 2.75 bits per heavy atom. The van der Waals surface area contributed by atoms with Crippen LogP contribution in [-0.2, 0) is 0 Å². The normalized spacial score (nSPS) is 8.83. The number of anilines is 1. The quantitative estimate of drug-likeness (QED) is 0.437. The minimum absolute atomic E-state index is 0.393. The van der Waals surface area contributed by atoms with Crippen molar-refractivity contribution in [2.75, 3.05) is 12.3 Å². The molecule has 1 rings (SSSR count). The van der Waals surface area contributed by atoms with Crippen molar-refractivity contribution in [2.24, 2.45) is 5.73 Å². The van der Waals surface area contributed by atoms with E-state index >= 15 is 0 Å². The van der Waals surface area contributed by atoms with E-state index in [0.29, 0.717) is 6.54 Å². The van der Waals surface area contributed by atoms with Gasteiger partial charge in [0.1, 0.15) is 0 Å². The summed E-state index contributed by atoms with van der Waals surface area (Å²) in [6.07, 6.45) is 0. The number of rotatable bonds is 0. The predicted octanol–water partition coefficient (Wildman–Crippen LogP) is 0.887. The summed E-state index contributed by atoms with van der Waals surface area (Å²) in [5.41, 5.74) is 13.7. The van der Waals surface area contributed by atoms with Gasteiger partial charge in [-0.2, -0.15) is 0 Å². The van der Waals surface area contributed by atoms with Crippen LogP contribution in [0.25, 0.3) is 0 Å². The fourth-order valence-electron chi connectivity index (χ4n) is 0.973. The molecule has 4 N–H and O–H groups in total. The largest absolute Gasteiger partial charge is 0.399 e. The summed E-state index contributed by atoms with van der Waals surface area (Å²) in [6, 6.07) is 5.65. The Kier molecular flexibility index (Phi) is 2.73. The minimum Gasteiger partial charge on any atom is -0.399 e. The zero-order chi connectivity index (χ0) is 8.97. The Hall–Kier alpha value is -1.46. The van der Waals surface area contributed by atoms with Crippen LogP contribution in [0.15, 0.2) is 18.2 Å². The van der Waals surface area contributed by atoms with Gasteiger partial charge in [-0.15, -0.1) is 0 Å². The van der Waals surface area contributed by atoms with Crippen LogP contribution in [0.1, 0.15) is 11.1 Å². The Labute approximate surface area is 72.6 Å². The Bertz CT molecular complexity index is 331. The number of benzene rings is 1. The van der Waals surface area contributed by atoms with Crippen LogP contribution in [0, 0.1) is 18.8 Å². The molecule has 0 aliphatic carbocycles. The van der Waals surface area contributed by atoms with Crippen LogP contribution in [0.4, 0.5) is 5.69 Å². The average molecular weight is 160 g/mol. The summed E-state index contributed by atoms with van der Waals surface area (Å²) in [4.78, 5) is 0. The highest BCUT2D eigenvalue weighted by molar-refractivity contribution is 5.50. The van der Waals surface area contributed by atoms with E-state index < -0.39 is 0 Å². The van der Waals surface area contributed by atoms with Gasteiger partial charge in [0.05, 0.1) is 6.54 Å². The maximum absolute atomic E-state index is 5.58. The molecule has 0 aliphatic heterocycles. The van der Waals surface area contributed by atoms with Crippen molar-refractivity contribution in [3.8, 4) is 11.8 Å². The summed E-state index contributed by atoms with van der Waals surface area (Å²) in [6.45, 7) is 2.38. The molecule has 0 unspecified atom stereocenters. The van der Waals surface area contributed by atoms with E-state index in [1.54, 1.807) is 0 Å². The van der Waals surface area contributed by atoms with Gasteiger partial charge in [0.25, 0.3) is 0 Å². The van der Waals surface area contributed by atoms with Gasteiger partial charge in [0.2, 0.25) is 0 Å². The zero-order valence-corrected chi connectivity index (χ0v) is 7.09. The van der Waals surface area contributed by atoms with Gasteiger partial charge in [-0.25, -0.2) is 0 Å². The molecule has 12 heavy (non-hydrogen) atoms. The summed E-state index contributed by atoms with van der Waals surface area (Å²) < 4.78 is 0. The van der Waals surface area contributed by atoms with Crippen molar-refractivity contribution in [3.63, 3.8) is 0 Å². The maximum Gasteiger partial charge on any atom is 0.0555 e. The second kappa shape index (κ2) is 3.80. The third-order valence-corrected chi connectivity index (χ3v) is 1.58. The lowest BCUT2D eigenvalue weighted by Crippen LogP contribution is -1.94. The van der Waals surface area contributed by atoms with Gasteiger partial charge >= 0.3 is 0 Å². The van der Waals surface area contributed by atoms with Crippen molar-refractivity contribution in [1.29, 1.82) is 0 Å². The fraction of sp³-hybridized carbons (Fsp3) is 0.200. The van der Waals surface area contributed by atoms with E-state index in [0.717, 1.165) is 16.8 Å². The smallest absolute Gasteiger partial charge is 0.0555 e. The van der Waals surface area contributed by atoms with Gasteiger partial charge in [0, 0.05) is 11.3 Å². The van der Waals surface area contributed by atoms with Crippen LogP contribution in [0.2, 0.25) is 0 Å². The number of hydrogen-bond acceptors (Lipinski definition) is 2. The van der Waals surface area contributed by atoms with Gasteiger partial charge < -0.3 is 11.5 Å². The first-order valence-corrected chi connectivity index (χ1v) is 3.79. The van der Waals surface area contributed by atoms with Crippen LogP contribution in [0.3, 0.4) is 0 Å². The van der Waals surface area contributed by atoms with Crippen LogP contribution in [0.5, 0.6) is 0 Å². The molecule has 62 valence electrons. The molecule has 0 aliphatic rings. The molecule has 0 heterocycles. The van der Waals surface area contributed by atoms with Crippen molar-refractivity contribution >= 4 is 5.69 Å². The highest BCUT2D eigenvalue weighted by Crippen LogP contribution is 2.10. The molecule has 0 fully saturated rings. The van der Waals surface area contributed by atoms with Crippen molar-refractivity contribution in [2.45, 2.75) is 6.92 Å². The highest BCUT2D eigenvalue weighted by atomic mass is 14.5. The van der Waals surface area contributed by atoms with E-state index in [-0.39, 0.29) is 0 Å². The van der Waals surface area contributed by atoms with E-state index in [1.165, 1.54) is 0 Å². The molecule has 0 amide bonds. The summed E-state index contributed by atoms with van der Waals surface area (Å²) in [5, 5.41) is 0. The monoisotopic (exact) mass is 160 g/mol. The third-order valence-electron chi connectivity index (χ3n) is 1.58. The summed E-state index contributed by atoms with van der Waals surface area (Å²) >= 11 is 0. The highest BCUT2D eigenvalue weighted by Gasteiger charge is 1.93. The molecule has 0 saturated carbocycles. The first-order chi connectivity index (χ1) is 5.74. The molecular formula is C10H12N2. The van der Waals surface area contributed by atoms with Crippen molar-refractivity contribution in [3.05, 3.63) is 29.3 Å². The van der Waals surface area contributed by atoms with Crippen LogP contribution < -0.4 is 11.5 Å². The van der Waals surface area contributed by atoms with E-state index in [9.17, 15) is 0 Å². The molecule has 1 aromatic rings. The lowest BCUT2D eigenvalue weighted by Gasteiger charge is -1.98. The first kappa shape index (κ1) is 8.63. The van der Waals surface area contributed by atoms with Gasteiger partial charge in [-0.3, -0.25) is 0 Å². The maximum atomic E-state index is 5.58. The number of nitrogen functional groups attached to an aromatic ring is 1. The second-order valence-electron chi connectivity index (χ2n) is 2.58. The van der Waals surface area contributed by atoms with Crippen molar-refractivity contribution in [1.82, 2.24) is 0 Å². The number of nitrogens with two attached hydrogens (primary N) is 2. The molecule has 0 radical (unpaired) electrons. The number of aryl methyl sites for hydroxylation is 1. The molecule has 0 bridgehead atoms. The lowest BCUT2D eigenvalue weighted by molar-refractivity contribution is 1.30. The molecule has 2 nitrogen and oxygen atoms in total. The van der Waals surface area contributed by atoms with Gasteiger partial charge in [-0.05, 0) is 30.7 Å². The predicted molar refractivity (Wildman–Crippen MR) is 51.5 cm³/mol.